The molecule has 2 aromatic rings. The fraction of sp³-hybridized carbons (Fsp3) is 0.417. The molecule has 0 amide bonds. The first-order valence-electron chi connectivity index (χ1n) is 5.53. The quantitative estimate of drug-likeness (QED) is 0.765. The largest absolute Gasteiger partial charge is 0.310 e. The van der Waals surface area contributed by atoms with E-state index in [4.69, 9.17) is 0 Å². The van der Waals surface area contributed by atoms with Crippen molar-refractivity contribution in [1.82, 2.24) is 14.9 Å². The molecule has 0 spiro atoms. The van der Waals surface area contributed by atoms with Crippen LogP contribution in [0.15, 0.2) is 24.4 Å². The van der Waals surface area contributed by atoms with Crippen molar-refractivity contribution in [3.8, 4) is 0 Å². The van der Waals surface area contributed by atoms with Gasteiger partial charge in [-0.15, -0.1) is 0 Å². The van der Waals surface area contributed by atoms with Gasteiger partial charge in [0.1, 0.15) is 0 Å². The smallest absolute Gasteiger partial charge is 0.0712 e. The molecule has 0 aromatic carbocycles. The minimum Gasteiger partial charge on any atom is -0.310 e. The van der Waals surface area contributed by atoms with Gasteiger partial charge in [0.05, 0.1) is 11.7 Å². The number of rotatable bonds is 1. The Morgan fingerprint density at radius 2 is 2.40 bits per heavy atom. The standard InChI is InChI=1S/C12H15N3/c1-9-4-2-6-12-10(8-14-15(9)12)11-5-3-7-13-11/h2,4,6,8,11,13H,3,5,7H2,1H3. The van der Waals surface area contributed by atoms with Crippen LogP contribution < -0.4 is 5.32 Å². The fourth-order valence-corrected chi connectivity index (χ4v) is 2.39. The van der Waals surface area contributed by atoms with Crippen molar-refractivity contribution in [2.45, 2.75) is 25.8 Å². The van der Waals surface area contributed by atoms with Crippen LogP contribution in [-0.2, 0) is 0 Å². The van der Waals surface area contributed by atoms with Crippen LogP contribution in [0.2, 0.25) is 0 Å². The van der Waals surface area contributed by atoms with Gasteiger partial charge in [0.2, 0.25) is 0 Å². The van der Waals surface area contributed by atoms with Crippen LogP contribution in [0.25, 0.3) is 5.52 Å². The summed E-state index contributed by atoms with van der Waals surface area (Å²) in [6.07, 6.45) is 4.51. The van der Waals surface area contributed by atoms with Crippen molar-refractivity contribution in [1.29, 1.82) is 0 Å². The van der Waals surface area contributed by atoms with Gasteiger partial charge in [0, 0.05) is 17.3 Å². The highest BCUT2D eigenvalue weighted by Crippen LogP contribution is 2.26. The van der Waals surface area contributed by atoms with Gasteiger partial charge in [-0.05, 0) is 38.4 Å². The SMILES string of the molecule is Cc1cccc2c(C3CCCN3)cnn12. The second kappa shape index (κ2) is 3.35. The van der Waals surface area contributed by atoms with E-state index in [0.29, 0.717) is 6.04 Å². The van der Waals surface area contributed by atoms with Crippen molar-refractivity contribution in [3.63, 3.8) is 0 Å². The van der Waals surface area contributed by atoms with Crippen LogP contribution in [0.1, 0.15) is 30.1 Å². The molecule has 78 valence electrons. The number of aryl methyl sites for hydroxylation is 1. The molecule has 1 fully saturated rings. The Balaban J connectivity index is 2.15. The van der Waals surface area contributed by atoms with E-state index >= 15 is 0 Å². The van der Waals surface area contributed by atoms with E-state index in [1.165, 1.54) is 29.6 Å². The van der Waals surface area contributed by atoms with Crippen molar-refractivity contribution in [2.24, 2.45) is 0 Å². The summed E-state index contributed by atoms with van der Waals surface area (Å²) in [5.74, 6) is 0. The Morgan fingerprint density at radius 3 is 3.20 bits per heavy atom. The third kappa shape index (κ3) is 1.35. The Morgan fingerprint density at radius 1 is 1.47 bits per heavy atom. The third-order valence-electron chi connectivity index (χ3n) is 3.20. The highest BCUT2D eigenvalue weighted by molar-refractivity contribution is 5.56. The van der Waals surface area contributed by atoms with Crippen LogP contribution >= 0.6 is 0 Å². The molecule has 0 bridgehead atoms. The number of nitrogens with zero attached hydrogens (tertiary/aromatic N) is 2. The van der Waals surface area contributed by atoms with Gasteiger partial charge in [-0.3, -0.25) is 0 Å². The summed E-state index contributed by atoms with van der Waals surface area (Å²) >= 11 is 0. The molecule has 0 radical (unpaired) electrons. The zero-order valence-corrected chi connectivity index (χ0v) is 8.90. The lowest BCUT2D eigenvalue weighted by Crippen LogP contribution is -2.12. The van der Waals surface area contributed by atoms with Gasteiger partial charge in [0.15, 0.2) is 0 Å². The van der Waals surface area contributed by atoms with Crippen LogP contribution in [-0.4, -0.2) is 16.2 Å². The van der Waals surface area contributed by atoms with E-state index in [1.54, 1.807) is 0 Å². The van der Waals surface area contributed by atoms with E-state index < -0.39 is 0 Å². The predicted molar refractivity (Wildman–Crippen MR) is 59.9 cm³/mol. The summed E-state index contributed by atoms with van der Waals surface area (Å²) in [5.41, 5.74) is 3.78. The Kier molecular flexibility index (Phi) is 1.99. The van der Waals surface area contributed by atoms with E-state index in [2.05, 4.69) is 35.5 Å². The first kappa shape index (κ1) is 8.92. The van der Waals surface area contributed by atoms with Crippen molar-refractivity contribution < 1.29 is 0 Å². The lowest BCUT2D eigenvalue weighted by atomic mass is 10.1. The van der Waals surface area contributed by atoms with E-state index in [1.807, 2.05) is 10.7 Å². The first-order valence-corrected chi connectivity index (χ1v) is 5.53. The molecule has 1 N–H and O–H groups in total. The van der Waals surface area contributed by atoms with Crippen LogP contribution in [0.4, 0.5) is 0 Å². The van der Waals surface area contributed by atoms with Gasteiger partial charge in [0.25, 0.3) is 0 Å². The van der Waals surface area contributed by atoms with Crippen LogP contribution in [0, 0.1) is 6.92 Å². The molecule has 2 aromatic heterocycles. The molecule has 3 heterocycles. The van der Waals surface area contributed by atoms with Gasteiger partial charge >= 0.3 is 0 Å². The topological polar surface area (TPSA) is 29.3 Å². The van der Waals surface area contributed by atoms with E-state index in [9.17, 15) is 0 Å². The van der Waals surface area contributed by atoms with E-state index in [-0.39, 0.29) is 0 Å². The molecular weight excluding hydrogens is 186 g/mol. The van der Waals surface area contributed by atoms with Crippen LogP contribution in [0.5, 0.6) is 0 Å². The Labute approximate surface area is 89.1 Å². The zero-order valence-electron chi connectivity index (χ0n) is 8.90. The summed E-state index contributed by atoms with van der Waals surface area (Å²) in [7, 11) is 0. The van der Waals surface area contributed by atoms with Gasteiger partial charge in [-0.2, -0.15) is 5.10 Å². The Hall–Kier alpha value is -1.35. The van der Waals surface area contributed by atoms with Crippen molar-refractivity contribution in [3.05, 3.63) is 35.7 Å². The molecule has 3 rings (SSSR count). The maximum absolute atomic E-state index is 4.44. The number of pyridine rings is 1. The van der Waals surface area contributed by atoms with Gasteiger partial charge in [-0.1, -0.05) is 6.07 Å². The van der Waals surface area contributed by atoms with Gasteiger partial charge < -0.3 is 5.32 Å². The lowest BCUT2D eigenvalue weighted by molar-refractivity contribution is 0.652. The maximum atomic E-state index is 4.44. The molecule has 1 aliphatic heterocycles. The number of nitrogens with one attached hydrogen (secondary N) is 1. The molecule has 15 heavy (non-hydrogen) atoms. The monoisotopic (exact) mass is 201 g/mol. The number of hydrogen-bond acceptors (Lipinski definition) is 2. The minimum absolute atomic E-state index is 0.504. The number of hydrogen-bond donors (Lipinski definition) is 1. The van der Waals surface area contributed by atoms with Crippen LogP contribution in [0.3, 0.4) is 0 Å². The Bertz CT molecular complexity index is 481. The second-order valence-electron chi connectivity index (χ2n) is 4.21. The van der Waals surface area contributed by atoms with Crippen molar-refractivity contribution in [2.75, 3.05) is 6.54 Å². The lowest BCUT2D eigenvalue weighted by Gasteiger charge is -2.08. The van der Waals surface area contributed by atoms with Crippen molar-refractivity contribution >= 4 is 5.52 Å². The molecule has 1 aliphatic rings. The summed E-state index contributed by atoms with van der Waals surface area (Å²) in [6.45, 7) is 3.22. The summed E-state index contributed by atoms with van der Waals surface area (Å²) in [5, 5.41) is 7.96. The highest BCUT2D eigenvalue weighted by Gasteiger charge is 2.19. The summed E-state index contributed by atoms with van der Waals surface area (Å²) in [4.78, 5) is 0. The third-order valence-corrected chi connectivity index (χ3v) is 3.20. The first-order chi connectivity index (χ1) is 7.36. The summed E-state index contributed by atoms with van der Waals surface area (Å²) in [6, 6.07) is 6.84. The second-order valence-corrected chi connectivity index (χ2v) is 4.21. The van der Waals surface area contributed by atoms with E-state index in [0.717, 1.165) is 6.54 Å². The molecule has 1 atom stereocenters. The molecular formula is C12H15N3. The molecule has 3 nitrogen and oxygen atoms in total. The maximum Gasteiger partial charge on any atom is 0.0712 e. The normalized spacial score (nSPS) is 21.3. The highest BCUT2D eigenvalue weighted by atomic mass is 15.2. The predicted octanol–water partition coefficient (Wildman–Crippen LogP) is 2.07. The molecule has 1 saturated heterocycles. The zero-order chi connectivity index (χ0) is 10.3. The molecule has 0 saturated carbocycles. The minimum atomic E-state index is 0.504. The average molecular weight is 201 g/mol. The molecule has 3 heteroatoms. The molecule has 0 aliphatic carbocycles. The van der Waals surface area contributed by atoms with Gasteiger partial charge in [-0.25, -0.2) is 4.52 Å². The average Bonchev–Trinajstić information content (AvgIpc) is 2.85. The number of aromatic nitrogens is 2. The molecule has 1 unspecified atom stereocenters. The number of fused-ring (bicyclic) bond motifs is 1. The fourth-order valence-electron chi connectivity index (χ4n) is 2.39. The summed E-state index contributed by atoms with van der Waals surface area (Å²) < 4.78 is 2.02.